The quantitative estimate of drug-likeness (QED) is 0.440. The Morgan fingerprint density at radius 1 is 0.760 bits per heavy atom. The number of hydrogen-bond donors (Lipinski definition) is 0. The highest BCUT2D eigenvalue weighted by Gasteiger charge is 2.13. The van der Waals surface area contributed by atoms with Gasteiger partial charge in [0.2, 0.25) is 0 Å². The van der Waals surface area contributed by atoms with E-state index in [4.69, 9.17) is 0 Å². The molecule has 4 heteroatoms. The summed E-state index contributed by atoms with van der Waals surface area (Å²) in [5.41, 5.74) is 1.64. The van der Waals surface area contributed by atoms with Crippen LogP contribution in [-0.2, 0) is 13.1 Å². The molecule has 0 N–H and O–H groups in total. The number of aromatic nitrogens is 2. The van der Waals surface area contributed by atoms with Gasteiger partial charge in [-0.3, -0.25) is 9.13 Å². The van der Waals surface area contributed by atoms with E-state index < -0.39 is 0 Å². The summed E-state index contributed by atoms with van der Waals surface area (Å²) < 4.78 is 17.3. The monoisotopic (exact) mass is 348 g/mol. The molecule has 25 heavy (non-hydrogen) atoms. The number of fused-ring (bicyclic) bond motifs is 1. The van der Waals surface area contributed by atoms with Crippen molar-refractivity contribution in [3.63, 3.8) is 0 Å². The molecule has 1 aromatic heterocycles. The Hall–Kier alpha value is -1.58. The molecule has 0 radical (unpaired) electrons. The van der Waals surface area contributed by atoms with E-state index in [1.807, 2.05) is 4.57 Å². The van der Waals surface area contributed by atoms with Gasteiger partial charge < -0.3 is 0 Å². The minimum Gasteiger partial charge on any atom is -0.292 e. The summed E-state index contributed by atoms with van der Waals surface area (Å²) in [5, 5.41) is 0. The number of unbranched alkanes of at least 4 members (excludes halogenated alkanes) is 8. The predicted octanol–water partition coefficient (Wildman–Crippen LogP) is 5.88. The van der Waals surface area contributed by atoms with Crippen molar-refractivity contribution in [1.29, 1.82) is 0 Å². The van der Waals surface area contributed by atoms with Crippen molar-refractivity contribution in [3.8, 4) is 0 Å². The van der Waals surface area contributed by atoms with Crippen molar-refractivity contribution in [2.75, 3.05) is 0 Å². The third kappa shape index (κ3) is 5.45. The molecule has 0 aliphatic rings. The highest BCUT2D eigenvalue weighted by molar-refractivity contribution is 5.76. The third-order valence-corrected chi connectivity index (χ3v) is 4.95. The van der Waals surface area contributed by atoms with E-state index in [2.05, 4.69) is 13.8 Å². The number of aryl methyl sites for hydroxylation is 2. The number of benzene rings is 1. The SMILES string of the molecule is CCCCCCCn1c(=O)n(CCCCCCC)c2cc(F)ccc21. The molecule has 3 nitrogen and oxygen atoms in total. The van der Waals surface area contributed by atoms with Crippen LogP contribution >= 0.6 is 0 Å². The van der Waals surface area contributed by atoms with Gasteiger partial charge in [0.25, 0.3) is 0 Å². The first-order valence-corrected chi connectivity index (χ1v) is 10.1. The largest absolute Gasteiger partial charge is 0.329 e. The second kappa shape index (κ2) is 10.4. The van der Waals surface area contributed by atoms with Crippen LogP contribution in [0.3, 0.4) is 0 Å². The van der Waals surface area contributed by atoms with E-state index in [9.17, 15) is 9.18 Å². The van der Waals surface area contributed by atoms with Crippen LogP contribution in [0.2, 0.25) is 0 Å². The van der Waals surface area contributed by atoms with Crippen LogP contribution in [0, 0.1) is 5.82 Å². The van der Waals surface area contributed by atoms with Crippen LogP contribution in [0.5, 0.6) is 0 Å². The lowest BCUT2D eigenvalue weighted by molar-refractivity contribution is 0.533. The molecular weight excluding hydrogens is 315 g/mol. The summed E-state index contributed by atoms with van der Waals surface area (Å²) in [6.07, 6.45) is 11.6. The summed E-state index contributed by atoms with van der Waals surface area (Å²) in [6.45, 7) is 5.81. The summed E-state index contributed by atoms with van der Waals surface area (Å²) in [6, 6.07) is 4.73. The van der Waals surface area contributed by atoms with Gasteiger partial charge in [-0.05, 0) is 31.0 Å². The van der Waals surface area contributed by atoms with Gasteiger partial charge >= 0.3 is 5.69 Å². The summed E-state index contributed by atoms with van der Waals surface area (Å²) in [5.74, 6) is -0.271. The molecule has 0 unspecified atom stereocenters. The predicted molar refractivity (Wildman–Crippen MR) is 104 cm³/mol. The maximum atomic E-state index is 13.7. The minimum atomic E-state index is -0.271. The molecule has 0 fully saturated rings. The normalized spacial score (nSPS) is 11.5. The number of halogens is 1. The first kappa shape index (κ1) is 19.7. The maximum absolute atomic E-state index is 13.7. The Balaban J connectivity index is 2.12. The van der Waals surface area contributed by atoms with E-state index >= 15 is 0 Å². The lowest BCUT2D eigenvalue weighted by atomic mass is 10.1. The summed E-state index contributed by atoms with van der Waals surface area (Å²) >= 11 is 0. The Bertz CT molecular complexity index is 702. The highest BCUT2D eigenvalue weighted by Crippen LogP contribution is 2.17. The van der Waals surface area contributed by atoms with Crippen molar-refractivity contribution < 1.29 is 4.39 Å². The van der Waals surface area contributed by atoms with Gasteiger partial charge in [-0.1, -0.05) is 65.2 Å². The number of imidazole rings is 1. The van der Waals surface area contributed by atoms with E-state index in [-0.39, 0.29) is 11.5 Å². The minimum absolute atomic E-state index is 0.0200. The molecule has 2 aromatic rings. The zero-order valence-electron chi connectivity index (χ0n) is 15.9. The first-order valence-electron chi connectivity index (χ1n) is 10.1. The highest BCUT2D eigenvalue weighted by atomic mass is 19.1. The molecule has 0 saturated carbocycles. The Kier molecular flexibility index (Phi) is 8.23. The Labute approximate surface area is 150 Å². The average molecular weight is 349 g/mol. The molecule has 0 spiro atoms. The van der Waals surface area contributed by atoms with E-state index in [1.54, 1.807) is 10.6 Å². The fourth-order valence-electron chi connectivity index (χ4n) is 3.47. The first-order chi connectivity index (χ1) is 12.2. The van der Waals surface area contributed by atoms with Gasteiger partial charge in [-0.2, -0.15) is 0 Å². The molecule has 0 aliphatic carbocycles. The van der Waals surface area contributed by atoms with Crippen LogP contribution in [0.1, 0.15) is 78.1 Å². The van der Waals surface area contributed by atoms with Gasteiger partial charge in [0.1, 0.15) is 5.82 Å². The van der Waals surface area contributed by atoms with Crippen LogP contribution in [0.4, 0.5) is 4.39 Å². The topological polar surface area (TPSA) is 26.9 Å². The lowest BCUT2D eigenvalue weighted by Gasteiger charge is -2.03. The zero-order chi connectivity index (χ0) is 18.1. The maximum Gasteiger partial charge on any atom is 0.329 e. The molecule has 0 aliphatic heterocycles. The average Bonchev–Trinajstić information content (AvgIpc) is 2.86. The fraction of sp³-hybridized carbons (Fsp3) is 0.667. The van der Waals surface area contributed by atoms with Gasteiger partial charge in [0.15, 0.2) is 0 Å². The van der Waals surface area contributed by atoms with Crippen molar-refractivity contribution >= 4 is 11.0 Å². The molecule has 140 valence electrons. The lowest BCUT2D eigenvalue weighted by Crippen LogP contribution is -2.24. The smallest absolute Gasteiger partial charge is 0.292 e. The summed E-state index contributed by atoms with van der Waals surface area (Å²) in [4.78, 5) is 12.8. The van der Waals surface area contributed by atoms with E-state index in [1.165, 1.54) is 50.7 Å². The van der Waals surface area contributed by atoms with Gasteiger partial charge in [-0.25, -0.2) is 9.18 Å². The van der Waals surface area contributed by atoms with Crippen molar-refractivity contribution in [2.24, 2.45) is 0 Å². The molecular formula is C21H33FN2O. The second-order valence-corrected chi connectivity index (χ2v) is 7.05. The molecule has 1 heterocycles. The molecule has 0 saturated heterocycles. The summed E-state index contributed by atoms with van der Waals surface area (Å²) in [7, 11) is 0. The molecule has 0 bridgehead atoms. The third-order valence-electron chi connectivity index (χ3n) is 4.95. The number of nitrogens with zero attached hydrogens (tertiary/aromatic N) is 2. The second-order valence-electron chi connectivity index (χ2n) is 7.05. The molecule has 1 aromatic carbocycles. The van der Waals surface area contributed by atoms with Gasteiger partial charge in [0, 0.05) is 13.1 Å². The van der Waals surface area contributed by atoms with Crippen molar-refractivity contribution in [2.45, 2.75) is 91.1 Å². The van der Waals surface area contributed by atoms with Crippen molar-refractivity contribution in [1.82, 2.24) is 9.13 Å². The standard InChI is InChI=1S/C21H33FN2O/c1-3-5-7-9-11-15-23-19-14-13-18(22)17-20(19)24(21(23)25)16-12-10-8-6-4-2/h13-14,17H,3-12,15-16H2,1-2H3. The number of hydrogen-bond acceptors (Lipinski definition) is 1. The number of rotatable bonds is 12. The van der Waals surface area contributed by atoms with E-state index in [0.717, 1.165) is 43.3 Å². The van der Waals surface area contributed by atoms with Gasteiger partial charge in [-0.15, -0.1) is 0 Å². The Morgan fingerprint density at radius 2 is 1.28 bits per heavy atom. The molecule has 0 atom stereocenters. The molecule has 2 rings (SSSR count). The van der Waals surface area contributed by atoms with Crippen LogP contribution in [0.15, 0.2) is 23.0 Å². The van der Waals surface area contributed by atoms with Crippen molar-refractivity contribution in [3.05, 3.63) is 34.5 Å². The fourth-order valence-corrected chi connectivity index (χ4v) is 3.47. The van der Waals surface area contributed by atoms with Crippen LogP contribution in [-0.4, -0.2) is 9.13 Å². The van der Waals surface area contributed by atoms with E-state index in [0.29, 0.717) is 6.54 Å². The Morgan fingerprint density at radius 3 is 1.84 bits per heavy atom. The zero-order valence-corrected chi connectivity index (χ0v) is 15.9. The molecule has 0 amide bonds. The van der Waals surface area contributed by atoms with Crippen LogP contribution in [0.25, 0.3) is 11.0 Å². The van der Waals surface area contributed by atoms with Crippen LogP contribution < -0.4 is 5.69 Å². The van der Waals surface area contributed by atoms with Gasteiger partial charge in [0.05, 0.1) is 11.0 Å².